The summed E-state index contributed by atoms with van der Waals surface area (Å²) in [7, 11) is 0. The maximum Gasteiger partial charge on any atom is 0.223 e. The molecule has 1 atom stereocenters. The highest BCUT2D eigenvalue weighted by Crippen LogP contribution is 2.16. The molecule has 0 aliphatic carbocycles. The zero-order valence-corrected chi connectivity index (χ0v) is 9.62. The van der Waals surface area contributed by atoms with Crippen molar-refractivity contribution in [2.45, 2.75) is 26.3 Å². The summed E-state index contributed by atoms with van der Waals surface area (Å²) < 4.78 is 1.72. The second-order valence-corrected chi connectivity index (χ2v) is 3.27. The second kappa shape index (κ2) is 5.78. The summed E-state index contributed by atoms with van der Waals surface area (Å²) >= 11 is 0. The highest BCUT2D eigenvalue weighted by molar-refractivity contribution is 5.85. The van der Waals surface area contributed by atoms with E-state index in [2.05, 4.69) is 0 Å². The first-order valence-electron chi connectivity index (χ1n) is 4.65. The summed E-state index contributed by atoms with van der Waals surface area (Å²) in [5, 5.41) is 18.5. The van der Waals surface area contributed by atoms with Crippen LogP contribution in [0.3, 0.4) is 0 Å². The molecule has 0 bridgehead atoms. The van der Waals surface area contributed by atoms with Crippen molar-refractivity contribution >= 4 is 12.4 Å². The lowest BCUT2D eigenvalue weighted by Gasteiger charge is -2.18. The summed E-state index contributed by atoms with van der Waals surface area (Å²) in [6.07, 6.45) is 2.16. The molecule has 0 aliphatic rings. The highest BCUT2D eigenvalue weighted by atomic mass is 35.5. The van der Waals surface area contributed by atoms with Crippen LogP contribution < -0.4 is 5.43 Å². The van der Waals surface area contributed by atoms with Crippen LogP contribution in [0.25, 0.3) is 0 Å². The number of hydrogen-bond acceptors (Lipinski definition) is 3. The van der Waals surface area contributed by atoms with Gasteiger partial charge in [-0.25, -0.2) is 0 Å². The van der Waals surface area contributed by atoms with Crippen LogP contribution >= 0.6 is 12.4 Å². The number of aliphatic hydroxyl groups excluding tert-OH is 1. The molecule has 0 saturated heterocycles. The van der Waals surface area contributed by atoms with Crippen molar-refractivity contribution in [3.05, 3.63) is 28.2 Å². The lowest BCUT2D eigenvalue weighted by Crippen LogP contribution is -2.17. The van der Waals surface area contributed by atoms with E-state index in [0.29, 0.717) is 12.1 Å². The van der Waals surface area contributed by atoms with Crippen LogP contribution in [0, 0.1) is 0 Å². The molecule has 15 heavy (non-hydrogen) atoms. The number of aliphatic hydroxyl groups is 1. The third-order valence-corrected chi connectivity index (χ3v) is 2.28. The summed E-state index contributed by atoms with van der Waals surface area (Å²) in [6, 6.07) is 1.18. The molecule has 1 heterocycles. The van der Waals surface area contributed by atoms with E-state index in [4.69, 9.17) is 5.11 Å². The van der Waals surface area contributed by atoms with E-state index in [1.807, 2.05) is 13.8 Å². The number of hydrogen-bond donors (Lipinski definition) is 2. The van der Waals surface area contributed by atoms with Gasteiger partial charge in [-0.3, -0.25) is 4.79 Å². The molecule has 0 amide bonds. The molecule has 0 fully saturated rings. The van der Waals surface area contributed by atoms with Crippen LogP contribution in [-0.2, 0) is 6.42 Å². The first kappa shape index (κ1) is 14.0. The fraction of sp³-hybridized carbons (Fsp3) is 0.500. The van der Waals surface area contributed by atoms with Crippen molar-refractivity contribution in [3.63, 3.8) is 0 Å². The fourth-order valence-electron chi connectivity index (χ4n) is 1.43. The minimum absolute atomic E-state index is 0. The molecule has 0 spiro atoms. The van der Waals surface area contributed by atoms with Gasteiger partial charge in [0.2, 0.25) is 5.43 Å². The molecule has 1 aromatic rings. The Balaban J connectivity index is 0.00000196. The Morgan fingerprint density at radius 2 is 2.13 bits per heavy atom. The van der Waals surface area contributed by atoms with Crippen LogP contribution in [0.4, 0.5) is 0 Å². The Labute approximate surface area is 94.6 Å². The smallest absolute Gasteiger partial charge is 0.223 e. The summed E-state index contributed by atoms with van der Waals surface area (Å²) in [4.78, 5) is 11.1. The van der Waals surface area contributed by atoms with Crippen LogP contribution in [0.2, 0.25) is 0 Å². The molecule has 5 heteroatoms. The third kappa shape index (κ3) is 2.73. The fourth-order valence-corrected chi connectivity index (χ4v) is 1.43. The van der Waals surface area contributed by atoms with Gasteiger partial charge < -0.3 is 14.8 Å². The van der Waals surface area contributed by atoms with Crippen molar-refractivity contribution < 1.29 is 10.2 Å². The number of aromatic nitrogens is 1. The van der Waals surface area contributed by atoms with Crippen LogP contribution in [-0.4, -0.2) is 21.4 Å². The molecule has 0 saturated carbocycles. The van der Waals surface area contributed by atoms with Crippen molar-refractivity contribution in [2.75, 3.05) is 6.61 Å². The Bertz CT molecular complexity index is 375. The van der Waals surface area contributed by atoms with Crippen molar-refractivity contribution in [3.8, 4) is 5.75 Å². The quantitative estimate of drug-likeness (QED) is 0.822. The lowest BCUT2D eigenvalue weighted by molar-refractivity contribution is 0.235. The second-order valence-electron chi connectivity index (χ2n) is 3.27. The van der Waals surface area contributed by atoms with Crippen molar-refractivity contribution in [1.29, 1.82) is 0 Å². The normalized spacial score (nSPS) is 11.9. The number of halogens is 1. The average Bonchev–Trinajstić information content (AvgIpc) is 2.20. The molecule has 0 unspecified atom stereocenters. The van der Waals surface area contributed by atoms with Gasteiger partial charge in [0.25, 0.3) is 0 Å². The molecule has 1 rings (SSSR count). The molecular formula is C10H16ClNO3. The Morgan fingerprint density at radius 1 is 1.53 bits per heavy atom. The topological polar surface area (TPSA) is 62.5 Å². The first-order valence-corrected chi connectivity index (χ1v) is 4.65. The number of rotatable bonds is 3. The van der Waals surface area contributed by atoms with Crippen LogP contribution in [0.5, 0.6) is 5.75 Å². The van der Waals surface area contributed by atoms with Crippen LogP contribution in [0.1, 0.15) is 25.6 Å². The molecule has 1 aromatic heterocycles. The molecular weight excluding hydrogens is 218 g/mol. The molecule has 86 valence electrons. The van der Waals surface area contributed by atoms with Gasteiger partial charge in [0.05, 0.1) is 18.3 Å². The predicted molar refractivity (Wildman–Crippen MR) is 60.8 cm³/mol. The SMILES string of the molecule is CCc1c(O)c(=O)ccn1[C@@H](C)CO.Cl. The van der Waals surface area contributed by atoms with E-state index in [0.717, 1.165) is 0 Å². The Kier molecular flexibility index (Phi) is 5.39. The number of aromatic hydroxyl groups is 1. The van der Waals surface area contributed by atoms with Gasteiger partial charge in [0, 0.05) is 12.3 Å². The largest absolute Gasteiger partial charge is 0.503 e. The lowest BCUT2D eigenvalue weighted by atomic mass is 10.2. The maximum absolute atomic E-state index is 11.1. The zero-order chi connectivity index (χ0) is 10.7. The zero-order valence-electron chi connectivity index (χ0n) is 8.80. The molecule has 4 nitrogen and oxygen atoms in total. The monoisotopic (exact) mass is 233 g/mol. The molecule has 2 N–H and O–H groups in total. The van der Waals surface area contributed by atoms with Gasteiger partial charge in [-0.2, -0.15) is 0 Å². The number of nitrogens with zero attached hydrogens (tertiary/aromatic N) is 1. The van der Waals surface area contributed by atoms with Crippen molar-refractivity contribution in [1.82, 2.24) is 4.57 Å². The summed E-state index contributed by atoms with van der Waals surface area (Å²) in [6.45, 7) is 3.66. The maximum atomic E-state index is 11.1. The van der Waals surface area contributed by atoms with E-state index < -0.39 is 0 Å². The van der Waals surface area contributed by atoms with E-state index >= 15 is 0 Å². The standard InChI is InChI=1S/C10H15NO3.ClH/c1-3-8-10(14)9(13)4-5-11(8)7(2)6-12;/h4-5,7,12,14H,3,6H2,1-2H3;1H/t7-;/m0./s1. The first-order chi connectivity index (χ1) is 6.61. The number of pyridine rings is 1. The predicted octanol–water partition coefficient (Wildman–Crippen LogP) is 1.09. The van der Waals surface area contributed by atoms with E-state index in [1.165, 1.54) is 6.07 Å². The van der Waals surface area contributed by atoms with Gasteiger partial charge >= 0.3 is 0 Å². The van der Waals surface area contributed by atoms with Gasteiger partial charge in [-0.15, -0.1) is 12.4 Å². The Morgan fingerprint density at radius 3 is 2.60 bits per heavy atom. The molecule has 0 aromatic carbocycles. The van der Waals surface area contributed by atoms with Gasteiger partial charge in [-0.05, 0) is 13.3 Å². The van der Waals surface area contributed by atoms with Gasteiger partial charge in [0.15, 0.2) is 5.75 Å². The van der Waals surface area contributed by atoms with E-state index in [-0.39, 0.29) is 36.2 Å². The minimum atomic E-state index is -0.372. The van der Waals surface area contributed by atoms with Crippen LogP contribution in [0.15, 0.2) is 17.1 Å². The minimum Gasteiger partial charge on any atom is -0.503 e. The summed E-state index contributed by atoms with van der Waals surface area (Å²) in [5.41, 5.74) is 0.197. The molecule has 0 radical (unpaired) electrons. The highest BCUT2D eigenvalue weighted by Gasteiger charge is 2.11. The van der Waals surface area contributed by atoms with Gasteiger partial charge in [-0.1, -0.05) is 6.92 Å². The summed E-state index contributed by atoms with van der Waals surface area (Å²) in [5.74, 6) is -0.213. The molecule has 0 aliphatic heterocycles. The average molecular weight is 234 g/mol. The van der Waals surface area contributed by atoms with E-state index in [9.17, 15) is 9.90 Å². The van der Waals surface area contributed by atoms with Gasteiger partial charge in [0.1, 0.15) is 0 Å². The third-order valence-electron chi connectivity index (χ3n) is 2.28. The Hall–Kier alpha value is -1.00. The van der Waals surface area contributed by atoms with Crippen molar-refractivity contribution in [2.24, 2.45) is 0 Å². The van der Waals surface area contributed by atoms with E-state index in [1.54, 1.807) is 10.8 Å².